The van der Waals surface area contributed by atoms with E-state index in [-0.39, 0.29) is 13.0 Å². The summed E-state index contributed by atoms with van der Waals surface area (Å²) in [5.41, 5.74) is 0. The Morgan fingerprint density at radius 2 is 2.12 bits per heavy atom. The van der Waals surface area contributed by atoms with E-state index in [1.54, 1.807) is 18.8 Å². The normalized spacial score (nSPS) is 11.9. The smallest absolute Gasteiger partial charge is 0.326 e. The van der Waals surface area contributed by atoms with Gasteiger partial charge in [-0.1, -0.05) is 0 Å². The van der Waals surface area contributed by atoms with E-state index >= 15 is 0 Å². The van der Waals surface area contributed by atoms with Crippen molar-refractivity contribution in [2.45, 2.75) is 12.5 Å². The molecule has 1 atom stereocenters. The van der Waals surface area contributed by atoms with Gasteiger partial charge in [-0.3, -0.25) is 0 Å². The summed E-state index contributed by atoms with van der Waals surface area (Å²) in [4.78, 5) is 23.6. The summed E-state index contributed by atoms with van der Waals surface area (Å²) >= 11 is 1.60. The second-order valence-corrected chi connectivity index (χ2v) is 4.25. The molecule has 0 fully saturated rings. The number of thioether (sulfide) groups is 1. The molecule has 3 N–H and O–H groups in total. The molecule has 94 valence electrons. The minimum absolute atomic E-state index is 0.0114. The van der Waals surface area contributed by atoms with Crippen molar-refractivity contribution in [1.82, 2.24) is 10.2 Å². The van der Waals surface area contributed by atoms with Gasteiger partial charge in [0.2, 0.25) is 0 Å². The van der Waals surface area contributed by atoms with E-state index in [0.717, 1.165) is 5.75 Å². The number of nitrogens with zero attached hydrogens (tertiary/aromatic N) is 1. The number of carbonyl (C=O) groups excluding carboxylic acids is 1. The van der Waals surface area contributed by atoms with Gasteiger partial charge < -0.3 is 20.4 Å². The number of aliphatic carboxylic acids is 1. The number of aliphatic hydroxyl groups is 1. The van der Waals surface area contributed by atoms with E-state index in [1.165, 1.54) is 4.90 Å². The van der Waals surface area contributed by atoms with Crippen molar-refractivity contribution in [3.8, 4) is 0 Å². The highest BCUT2D eigenvalue weighted by molar-refractivity contribution is 7.98. The summed E-state index contributed by atoms with van der Waals surface area (Å²) in [5, 5.41) is 19.8. The molecule has 7 heteroatoms. The largest absolute Gasteiger partial charge is 0.480 e. The SMILES string of the molecule is CSCCN(C)C(=O)N[C@H](CCO)C(=O)O. The molecule has 0 unspecified atom stereocenters. The van der Waals surface area contributed by atoms with Crippen molar-refractivity contribution < 1.29 is 19.8 Å². The Bertz CT molecular complexity index is 238. The fourth-order valence-corrected chi connectivity index (χ4v) is 1.43. The number of nitrogens with one attached hydrogen (secondary N) is 1. The lowest BCUT2D eigenvalue weighted by molar-refractivity contribution is -0.139. The summed E-state index contributed by atoms with van der Waals surface area (Å²) in [6.07, 6.45) is 1.94. The molecule has 0 aliphatic heterocycles. The summed E-state index contributed by atoms with van der Waals surface area (Å²) in [7, 11) is 1.60. The van der Waals surface area contributed by atoms with E-state index in [4.69, 9.17) is 10.2 Å². The van der Waals surface area contributed by atoms with Crippen LogP contribution in [0.1, 0.15) is 6.42 Å². The minimum Gasteiger partial charge on any atom is -0.480 e. The molecule has 0 aliphatic rings. The van der Waals surface area contributed by atoms with Crippen LogP contribution >= 0.6 is 11.8 Å². The molecule has 0 aromatic carbocycles. The van der Waals surface area contributed by atoms with Gasteiger partial charge in [-0.15, -0.1) is 0 Å². The molecule has 0 radical (unpaired) electrons. The Morgan fingerprint density at radius 3 is 2.56 bits per heavy atom. The summed E-state index contributed by atoms with van der Waals surface area (Å²) in [6.45, 7) is 0.282. The Labute approximate surface area is 99.0 Å². The van der Waals surface area contributed by atoms with E-state index in [1.807, 2.05) is 6.26 Å². The van der Waals surface area contributed by atoms with E-state index < -0.39 is 18.0 Å². The highest BCUT2D eigenvalue weighted by atomic mass is 32.2. The molecule has 0 aromatic heterocycles. The van der Waals surface area contributed by atoms with Crippen molar-refractivity contribution in [3.63, 3.8) is 0 Å². The number of carboxylic acid groups (broad SMARTS) is 1. The third kappa shape index (κ3) is 5.82. The molecule has 0 spiro atoms. The Kier molecular flexibility index (Phi) is 7.74. The lowest BCUT2D eigenvalue weighted by Gasteiger charge is -2.20. The van der Waals surface area contributed by atoms with Gasteiger partial charge in [0.15, 0.2) is 0 Å². The average Bonchev–Trinajstić information content (AvgIpc) is 2.24. The van der Waals surface area contributed by atoms with Gasteiger partial charge in [-0.25, -0.2) is 9.59 Å². The van der Waals surface area contributed by atoms with Gasteiger partial charge in [0.05, 0.1) is 0 Å². The van der Waals surface area contributed by atoms with Crippen LogP contribution in [0.4, 0.5) is 4.79 Å². The van der Waals surface area contributed by atoms with Crippen LogP contribution in [0.2, 0.25) is 0 Å². The number of rotatable bonds is 7. The molecule has 16 heavy (non-hydrogen) atoms. The zero-order valence-electron chi connectivity index (χ0n) is 9.47. The lowest BCUT2D eigenvalue weighted by atomic mass is 10.2. The second-order valence-electron chi connectivity index (χ2n) is 3.27. The van der Waals surface area contributed by atoms with Crippen LogP contribution in [0.25, 0.3) is 0 Å². The van der Waals surface area contributed by atoms with Gasteiger partial charge in [-0.2, -0.15) is 11.8 Å². The van der Waals surface area contributed by atoms with Crippen molar-refractivity contribution >= 4 is 23.8 Å². The predicted octanol–water partition coefficient (Wildman–Crippen LogP) is -0.174. The molecular weight excluding hydrogens is 232 g/mol. The van der Waals surface area contributed by atoms with Gasteiger partial charge >= 0.3 is 12.0 Å². The van der Waals surface area contributed by atoms with Crippen LogP contribution < -0.4 is 5.32 Å². The molecule has 0 saturated heterocycles. The Morgan fingerprint density at radius 1 is 1.50 bits per heavy atom. The number of hydrogen-bond acceptors (Lipinski definition) is 4. The van der Waals surface area contributed by atoms with Crippen molar-refractivity contribution in [2.75, 3.05) is 32.2 Å². The fourth-order valence-electron chi connectivity index (χ4n) is 0.975. The maximum absolute atomic E-state index is 11.5. The van der Waals surface area contributed by atoms with Gasteiger partial charge in [-0.05, 0) is 6.26 Å². The standard InChI is InChI=1S/C9H18N2O4S/c1-11(4-6-16-2)9(15)10-7(3-5-12)8(13)14/h7,12H,3-6H2,1-2H3,(H,10,15)(H,13,14)/t7-/m1/s1. The molecule has 6 nitrogen and oxygen atoms in total. The van der Waals surface area contributed by atoms with E-state index in [0.29, 0.717) is 6.54 Å². The van der Waals surface area contributed by atoms with Crippen molar-refractivity contribution in [1.29, 1.82) is 0 Å². The molecule has 0 aliphatic carbocycles. The van der Waals surface area contributed by atoms with E-state index in [9.17, 15) is 9.59 Å². The monoisotopic (exact) mass is 250 g/mol. The van der Waals surface area contributed by atoms with Crippen LogP contribution in [-0.4, -0.2) is 65.4 Å². The first-order valence-electron chi connectivity index (χ1n) is 4.87. The average molecular weight is 250 g/mol. The van der Waals surface area contributed by atoms with Crippen LogP contribution in [0.15, 0.2) is 0 Å². The zero-order chi connectivity index (χ0) is 12.6. The highest BCUT2D eigenvalue weighted by Gasteiger charge is 2.20. The predicted molar refractivity (Wildman–Crippen MR) is 62.7 cm³/mol. The molecule has 0 rings (SSSR count). The molecular formula is C9H18N2O4S. The zero-order valence-corrected chi connectivity index (χ0v) is 10.3. The maximum atomic E-state index is 11.5. The third-order valence-electron chi connectivity index (χ3n) is 1.99. The first-order valence-corrected chi connectivity index (χ1v) is 6.26. The summed E-state index contributed by atoms with van der Waals surface area (Å²) in [5.74, 6) is -0.345. The highest BCUT2D eigenvalue weighted by Crippen LogP contribution is 1.97. The first kappa shape index (κ1) is 15.0. The number of aliphatic hydroxyl groups excluding tert-OH is 1. The number of carboxylic acids is 1. The Hall–Kier alpha value is -0.950. The number of amides is 2. The van der Waals surface area contributed by atoms with Crippen LogP contribution in [0, 0.1) is 0 Å². The van der Waals surface area contributed by atoms with Gasteiger partial charge in [0.1, 0.15) is 6.04 Å². The quantitative estimate of drug-likeness (QED) is 0.583. The van der Waals surface area contributed by atoms with Crippen LogP contribution in [-0.2, 0) is 4.79 Å². The molecule has 0 heterocycles. The maximum Gasteiger partial charge on any atom is 0.326 e. The lowest BCUT2D eigenvalue weighted by Crippen LogP contribution is -2.47. The molecule has 0 saturated carbocycles. The van der Waals surface area contributed by atoms with Crippen LogP contribution in [0.5, 0.6) is 0 Å². The summed E-state index contributed by atoms with van der Waals surface area (Å²) in [6, 6.07) is -1.47. The fraction of sp³-hybridized carbons (Fsp3) is 0.778. The van der Waals surface area contributed by atoms with E-state index in [2.05, 4.69) is 5.32 Å². The molecule has 0 bridgehead atoms. The van der Waals surface area contributed by atoms with Gasteiger partial charge in [0, 0.05) is 32.4 Å². The van der Waals surface area contributed by atoms with Crippen molar-refractivity contribution in [3.05, 3.63) is 0 Å². The number of carbonyl (C=O) groups is 2. The van der Waals surface area contributed by atoms with Crippen molar-refractivity contribution in [2.24, 2.45) is 0 Å². The number of urea groups is 1. The number of hydrogen-bond donors (Lipinski definition) is 3. The van der Waals surface area contributed by atoms with Gasteiger partial charge in [0.25, 0.3) is 0 Å². The topological polar surface area (TPSA) is 89.9 Å². The summed E-state index contributed by atoms with van der Waals surface area (Å²) < 4.78 is 0. The Balaban J connectivity index is 4.12. The second kappa shape index (κ2) is 8.23. The third-order valence-corrected chi connectivity index (χ3v) is 2.58. The molecule has 0 aromatic rings. The molecule has 2 amide bonds. The minimum atomic E-state index is -1.14. The first-order chi connectivity index (χ1) is 7.52. The van der Waals surface area contributed by atoms with Crippen LogP contribution in [0.3, 0.4) is 0 Å².